The number of aliphatic carboxylic acids is 1. The van der Waals surface area contributed by atoms with Crippen LogP contribution in [0.2, 0.25) is 0 Å². The predicted octanol–water partition coefficient (Wildman–Crippen LogP) is 5.30. The van der Waals surface area contributed by atoms with E-state index in [1.165, 1.54) is 17.2 Å². The van der Waals surface area contributed by atoms with Gasteiger partial charge < -0.3 is 19.3 Å². The maximum Gasteiger partial charge on any atom is 0.310 e. The standard InChI is InChI=1S/C31H29FN4O3/c1-18-24-5-3-2-4-19(24)10-11-36(18)30(37)21-12-26(20-6-7-20)29-33-28(17-35(29)14-21)25-9-8-23(13-27(25)32)34-15-22(16-34)31(38)39/h2-5,8-9,12-14,17-18,20,22H,6-7,10-11,15-16H2,1H3,(H,38,39)/t18-/m1/s1. The van der Waals surface area contributed by atoms with Gasteiger partial charge in [-0.15, -0.1) is 0 Å². The van der Waals surface area contributed by atoms with Crippen LogP contribution in [0, 0.1) is 11.7 Å². The highest BCUT2D eigenvalue weighted by Crippen LogP contribution is 2.43. The highest BCUT2D eigenvalue weighted by molar-refractivity contribution is 5.95. The number of pyridine rings is 1. The quantitative estimate of drug-likeness (QED) is 0.384. The number of hydrogen-bond donors (Lipinski definition) is 1. The van der Waals surface area contributed by atoms with Gasteiger partial charge in [0.15, 0.2) is 0 Å². The van der Waals surface area contributed by atoms with Crippen molar-refractivity contribution in [3.63, 3.8) is 0 Å². The lowest BCUT2D eigenvalue weighted by atomic mass is 9.93. The van der Waals surface area contributed by atoms with E-state index >= 15 is 4.39 Å². The smallest absolute Gasteiger partial charge is 0.310 e. The first-order valence-corrected chi connectivity index (χ1v) is 13.6. The summed E-state index contributed by atoms with van der Waals surface area (Å²) in [5.74, 6) is -1.28. The molecule has 0 radical (unpaired) electrons. The molecule has 1 amide bonds. The summed E-state index contributed by atoms with van der Waals surface area (Å²) in [6, 6.07) is 15.3. The summed E-state index contributed by atoms with van der Waals surface area (Å²) in [6.07, 6.45) is 6.57. The van der Waals surface area contributed by atoms with E-state index in [-0.39, 0.29) is 11.9 Å². The molecule has 1 N–H and O–H groups in total. The molecule has 1 saturated carbocycles. The van der Waals surface area contributed by atoms with E-state index < -0.39 is 17.7 Å². The minimum Gasteiger partial charge on any atom is -0.481 e. The third-order valence-corrected chi connectivity index (χ3v) is 8.52. The van der Waals surface area contributed by atoms with Gasteiger partial charge in [-0.25, -0.2) is 9.37 Å². The second-order valence-corrected chi connectivity index (χ2v) is 11.0. The van der Waals surface area contributed by atoms with Crippen LogP contribution >= 0.6 is 0 Å². The first kappa shape index (κ1) is 23.9. The molecule has 8 heteroatoms. The Morgan fingerprint density at radius 1 is 1.03 bits per heavy atom. The van der Waals surface area contributed by atoms with Crippen LogP contribution in [0.25, 0.3) is 16.9 Å². The first-order valence-electron chi connectivity index (χ1n) is 13.6. The fourth-order valence-corrected chi connectivity index (χ4v) is 6.04. The van der Waals surface area contributed by atoms with Gasteiger partial charge >= 0.3 is 5.97 Å². The van der Waals surface area contributed by atoms with E-state index in [4.69, 9.17) is 10.1 Å². The Morgan fingerprint density at radius 2 is 1.82 bits per heavy atom. The molecule has 1 aliphatic carbocycles. The largest absolute Gasteiger partial charge is 0.481 e. The predicted molar refractivity (Wildman–Crippen MR) is 145 cm³/mol. The summed E-state index contributed by atoms with van der Waals surface area (Å²) < 4.78 is 17.1. The van der Waals surface area contributed by atoms with Gasteiger partial charge in [-0.2, -0.15) is 0 Å². The van der Waals surface area contributed by atoms with Crippen molar-refractivity contribution in [2.24, 2.45) is 5.92 Å². The maximum absolute atomic E-state index is 15.3. The van der Waals surface area contributed by atoms with Crippen LogP contribution in [-0.4, -0.2) is 50.9 Å². The Kier molecular flexibility index (Phi) is 5.47. The number of nitrogens with zero attached hydrogens (tertiary/aromatic N) is 4. The summed E-state index contributed by atoms with van der Waals surface area (Å²) in [5, 5.41) is 9.13. The lowest BCUT2D eigenvalue weighted by molar-refractivity contribution is -0.142. The number of fused-ring (bicyclic) bond motifs is 2. The van der Waals surface area contributed by atoms with Gasteiger partial charge in [-0.1, -0.05) is 24.3 Å². The highest BCUT2D eigenvalue weighted by atomic mass is 19.1. The van der Waals surface area contributed by atoms with Gasteiger partial charge in [0.05, 0.1) is 23.2 Å². The Balaban J connectivity index is 1.21. The molecular weight excluding hydrogens is 495 g/mol. The molecule has 198 valence electrons. The number of amides is 1. The number of aromatic nitrogens is 2. The second kappa shape index (κ2) is 8.93. The van der Waals surface area contributed by atoms with E-state index in [1.807, 2.05) is 44.7 Å². The van der Waals surface area contributed by atoms with Crippen molar-refractivity contribution in [3.05, 3.63) is 89.0 Å². The van der Waals surface area contributed by atoms with Gasteiger partial charge in [0.2, 0.25) is 0 Å². The van der Waals surface area contributed by atoms with E-state index in [0.29, 0.717) is 48.1 Å². The van der Waals surface area contributed by atoms with Crippen molar-refractivity contribution in [1.82, 2.24) is 14.3 Å². The lowest BCUT2D eigenvalue weighted by Gasteiger charge is -2.38. The number of carbonyl (C=O) groups excluding carboxylic acids is 1. The average Bonchev–Trinajstić information content (AvgIpc) is 3.65. The van der Waals surface area contributed by atoms with E-state index in [0.717, 1.165) is 30.5 Å². The number of benzene rings is 2. The maximum atomic E-state index is 15.3. The molecule has 0 spiro atoms. The Bertz CT molecular complexity index is 1640. The number of hydrogen-bond acceptors (Lipinski definition) is 4. The van der Waals surface area contributed by atoms with Crippen molar-refractivity contribution in [1.29, 1.82) is 0 Å². The number of carboxylic acid groups (broad SMARTS) is 1. The molecule has 7 nitrogen and oxygen atoms in total. The molecule has 2 aromatic carbocycles. The summed E-state index contributed by atoms with van der Waals surface area (Å²) in [5.41, 5.74) is 6.48. The normalized spacial score (nSPS) is 19.2. The molecule has 1 atom stereocenters. The van der Waals surface area contributed by atoms with E-state index in [2.05, 4.69) is 19.1 Å². The second-order valence-electron chi connectivity index (χ2n) is 11.0. The summed E-state index contributed by atoms with van der Waals surface area (Å²) in [7, 11) is 0. The van der Waals surface area contributed by atoms with Crippen LogP contribution < -0.4 is 4.90 Å². The monoisotopic (exact) mass is 524 g/mol. The van der Waals surface area contributed by atoms with Crippen LogP contribution in [0.5, 0.6) is 0 Å². The van der Waals surface area contributed by atoms with Gasteiger partial charge in [-0.05, 0) is 73.1 Å². The summed E-state index contributed by atoms with van der Waals surface area (Å²) >= 11 is 0. The van der Waals surface area contributed by atoms with Crippen LogP contribution in [0.3, 0.4) is 0 Å². The van der Waals surface area contributed by atoms with Crippen molar-refractivity contribution in [3.8, 4) is 11.3 Å². The van der Waals surface area contributed by atoms with Crippen molar-refractivity contribution < 1.29 is 19.1 Å². The minimum absolute atomic E-state index is 0.000740. The van der Waals surface area contributed by atoms with Gasteiger partial charge in [0, 0.05) is 43.3 Å². The van der Waals surface area contributed by atoms with Gasteiger partial charge in [-0.3, -0.25) is 9.59 Å². The molecule has 2 aliphatic heterocycles. The third kappa shape index (κ3) is 4.06. The fourth-order valence-electron chi connectivity index (χ4n) is 6.04. The fraction of sp³-hybridized carbons (Fsp3) is 0.323. The average molecular weight is 525 g/mol. The van der Waals surface area contributed by atoms with Gasteiger partial charge in [0.25, 0.3) is 5.91 Å². The first-order chi connectivity index (χ1) is 18.9. The molecule has 0 bridgehead atoms. The van der Waals surface area contributed by atoms with Crippen molar-refractivity contribution in [2.75, 3.05) is 24.5 Å². The van der Waals surface area contributed by atoms with E-state index in [9.17, 15) is 9.59 Å². The van der Waals surface area contributed by atoms with Crippen LogP contribution in [-0.2, 0) is 11.2 Å². The summed E-state index contributed by atoms with van der Waals surface area (Å²) in [4.78, 5) is 33.5. The zero-order valence-electron chi connectivity index (χ0n) is 21.7. The summed E-state index contributed by atoms with van der Waals surface area (Å²) in [6.45, 7) is 3.52. The number of imidazole rings is 1. The Morgan fingerprint density at radius 3 is 2.56 bits per heavy atom. The van der Waals surface area contributed by atoms with Gasteiger partial charge in [0.1, 0.15) is 11.5 Å². The number of anilines is 1. The third-order valence-electron chi connectivity index (χ3n) is 8.52. The number of rotatable bonds is 5. The molecule has 39 heavy (non-hydrogen) atoms. The zero-order valence-corrected chi connectivity index (χ0v) is 21.7. The molecule has 2 fully saturated rings. The Hall–Kier alpha value is -4.20. The highest BCUT2D eigenvalue weighted by Gasteiger charge is 2.34. The molecule has 2 aromatic heterocycles. The number of halogens is 1. The Labute approximate surface area is 225 Å². The van der Waals surface area contributed by atoms with Crippen molar-refractivity contribution >= 4 is 23.2 Å². The molecule has 4 aromatic rings. The topological polar surface area (TPSA) is 78.2 Å². The molecule has 4 heterocycles. The SMILES string of the molecule is C[C@@H]1c2ccccc2CCN1C(=O)c1cc(C2CC2)c2nc(-c3ccc(N4CC(C(=O)O)C4)cc3F)cn2c1. The van der Waals surface area contributed by atoms with Crippen LogP contribution in [0.15, 0.2) is 60.9 Å². The molecule has 1 saturated heterocycles. The van der Waals surface area contributed by atoms with E-state index in [1.54, 1.807) is 12.3 Å². The zero-order chi connectivity index (χ0) is 26.8. The van der Waals surface area contributed by atoms with Crippen molar-refractivity contribution in [2.45, 2.75) is 38.1 Å². The molecule has 0 unspecified atom stereocenters. The molecule has 3 aliphatic rings. The van der Waals surface area contributed by atoms with Crippen LogP contribution in [0.4, 0.5) is 10.1 Å². The molecule has 7 rings (SSSR count). The lowest BCUT2D eigenvalue weighted by Crippen LogP contribution is -2.50. The number of carboxylic acids is 1. The minimum atomic E-state index is -0.822. The van der Waals surface area contributed by atoms with Crippen LogP contribution in [0.1, 0.15) is 58.8 Å². The number of carbonyl (C=O) groups is 2. The molecular formula is C31H29FN4O3.